The van der Waals surface area contributed by atoms with Gasteiger partial charge in [-0.25, -0.2) is 9.37 Å². The van der Waals surface area contributed by atoms with Gasteiger partial charge in [0.05, 0.1) is 32.3 Å². The molecule has 2 atom stereocenters. The average molecular weight is 533 g/mol. The van der Waals surface area contributed by atoms with Crippen molar-refractivity contribution in [2.45, 2.75) is 64.0 Å². The van der Waals surface area contributed by atoms with E-state index in [0.29, 0.717) is 23.7 Å². The van der Waals surface area contributed by atoms with Gasteiger partial charge in [-0.05, 0) is 72.7 Å². The number of aliphatic carboxylic acids is 1. The summed E-state index contributed by atoms with van der Waals surface area (Å²) in [5, 5.41) is 12.6. The zero-order chi connectivity index (χ0) is 27.1. The summed E-state index contributed by atoms with van der Waals surface area (Å²) < 4.78 is 32.7. The van der Waals surface area contributed by atoms with Crippen LogP contribution in [0.3, 0.4) is 0 Å². The number of hydrogen-bond donors (Lipinski definition) is 2. The highest BCUT2D eigenvalue weighted by molar-refractivity contribution is 5.77. The van der Waals surface area contributed by atoms with Crippen LogP contribution in [0.1, 0.15) is 65.5 Å². The van der Waals surface area contributed by atoms with E-state index in [1.54, 1.807) is 18.3 Å². The van der Waals surface area contributed by atoms with Crippen molar-refractivity contribution in [3.63, 3.8) is 0 Å². The Hall–Kier alpha value is -3.65. The van der Waals surface area contributed by atoms with Crippen molar-refractivity contribution in [1.82, 2.24) is 4.98 Å². The van der Waals surface area contributed by atoms with Crippen molar-refractivity contribution in [2.24, 2.45) is 0 Å². The summed E-state index contributed by atoms with van der Waals surface area (Å²) >= 11 is 0. The minimum absolute atomic E-state index is 0.00687. The number of pyridine rings is 1. The molecule has 0 bridgehead atoms. The zero-order valence-electron chi connectivity index (χ0n) is 22.3. The molecular weight excluding hydrogens is 499 g/mol. The van der Waals surface area contributed by atoms with Gasteiger partial charge in [-0.3, -0.25) is 4.79 Å². The molecule has 39 heavy (non-hydrogen) atoms. The monoisotopic (exact) mass is 532 g/mol. The summed E-state index contributed by atoms with van der Waals surface area (Å²) in [6.45, 7) is 5.97. The number of aromatic nitrogens is 1. The first kappa shape index (κ1) is 25.6. The molecule has 8 heteroatoms. The van der Waals surface area contributed by atoms with Crippen molar-refractivity contribution >= 4 is 11.8 Å². The molecule has 2 aromatic carbocycles. The standard InChI is InChI=1S/C31H33FN2O5/c1-17-11-21(39-20-7-9-37-10-8-20)12-18(2)30(17)22-3-5-25(32)31-23(22)4-6-26(31)34-28-14-27-24(15-33-28)19(16-38-27)13-29(35)36/h3,5,11-12,14-15,19-20,26H,4,6-10,13,16H2,1-2H3,(H,33,34)(H,35,36)/t19-,26-/m1/s1. The minimum atomic E-state index is -0.862. The van der Waals surface area contributed by atoms with E-state index in [4.69, 9.17) is 19.3 Å². The maximum Gasteiger partial charge on any atom is 0.304 e. The van der Waals surface area contributed by atoms with Crippen molar-refractivity contribution in [1.29, 1.82) is 0 Å². The second-order valence-corrected chi connectivity index (χ2v) is 10.8. The zero-order valence-corrected chi connectivity index (χ0v) is 22.3. The van der Waals surface area contributed by atoms with Crippen LogP contribution in [0, 0.1) is 19.7 Å². The number of nitrogens with zero attached hydrogens (tertiary/aromatic N) is 1. The van der Waals surface area contributed by atoms with Crippen LogP contribution in [0.15, 0.2) is 36.5 Å². The first-order valence-electron chi connectivity index (χ1n) is 13.7. The van der Waals surface area contributed by atoms with Crippen LogP contribution in [0.25, 0.3) is 11.1 Å². The maximum absolute atomic E-state index is 15.3. The van der Waals surface area contributed by atoms with Gasteiger partial charge in [-0.2, -0.15) is 0 Å². The fraction of sp³-hybridized carbons (Fsp3) is 0.419. The number of nitrogens with one attached hydrogen (secondary N) is 1. The number of anilines is 1. The molecule has 1 aromatic heterocycles. The fourth-order valence-corrected chi connectivity index (χ4v) is 6.29. The number of ether oxygens (including phenoxy) is 3. The molecule has 1 aliphatic carbocycles. The predicted octanol–water partition coefficient (Wildman–Crippen LogP) is 6.11. The third kappa shape index (κ3) is 5.05. The van der Waals surface area contributed by atoms with Gasteiger partial charge in [0.1, 0.15) is 29.2 Å². The number of carboxylic acid groups (broad SMARTS) is 1. The highest BCUT2D eigenvalue weighted by Gasteiger charge is 2.31. The van der Waals surface area contributed by atoms with Gasteiger partial charge in [0.15, 0.2) is 0 Å². The van der Waals surface area contributed by atoms with Crippen LogP contribution in [-0.2, 0) is 16.0 Å². The van der Waals surface area contributed by atoms with Gasteiger partial charge < -0.3 is 24.6 Å². The van der Waals surface area contributed by atoms with Crippen LogP contribution < -0.4 is 14.8 Å². The first-order chi connectivity index (χ1) is 18.9. The van der Waals surface area contributed by atoms with Gasteiger partial charge >= 0.3 is 5.97 Å². The second kappa shape index (κ2) is 10.5. The fourth-order valence-electron chi connectivity index (χ4n) is 6.29. The average Bonchev–Trinajstić information content (AvgIpc) is 3.50. The molecule has 7 nitrogen and oxygen atoms in total. The lowest BCUT2D eigenvalue weighted by Crippen LogP contribution is -2.25. The Morgan fingerprint density at radius 1 is 1.15 bits per heavy atom. The minimum Gasteiger partial charge on any atom is -0.492 e. The molecule has 1 saturated heterocycles. The Balaban J connectivity index is 1.25. The van der Waals surface area contributed by atoms with Crippen LogP contribution in [0.4, 0.5) is 10.2 Å². The van der Waals surface area contributed by atoms with E-state index in [1.165, 1.54) is 0 Å². The van der Waals surface area contributed by atoms with E-state index >= 15 is 4.39 Å². The summed E-state index contributed by atoms with van der Waals surface area (Å²) in [7, 11) is 0. The molecule has 0 saturated carbocycles. The van der Waals surface area contributed by atoms with E-state index in [2.05, 4.69) is 36.3 Å². The third-order valence-corrected chi connectivity index (χ3v) is 8.10. The lowest BCUT2D eigenvalue weighted by atomic mass is 9.90. The first-order valence-corrected chi connectivity index (χ1v) is 13.7. The highest BCUT2D eigenvalue weighted by atomic mass is 19.1. The smallest absolute Gasteiger partial charge is 0.304 e. The van der Waals surface area contributed by atoms with Gasteiger partial charge in [0.25, 0.3) is 0 Å². The molecule has 0 spiro atoms. The highest BCUT2D eigenvalue weighted by Crippen LogP contribution is 2.44. The van der Waals surface area contributed by atoms with Crippen molar-refractivity contribution in [3.05, 3.63) is 70.2 Å². The van der Waals surface area contributed by atoms with Crippen LogP contribution in [0.2, 0.25) is 0 Å². The number of benzene rings is 2. The van der Waals surface area contributed by atoms with E-state index in [-0.39, 0.29) is 30.3 Å². The Morgan fingerprint density at radius 3 is 2.67 bits per heavy atom. The summed E-state index contributed by atoms with van der Waals surface area (Å²) in [5.74, 6) is 0.812. The van der Waals surface area contributed by atoms with Crippen molar-refractivity contribution in [2.75, 3.05) is 25.1 Å². The van der Waals surface area contributed by atoms with Gasteiger partial charge in [-0.15, -0.1) is 0 Å². The number of aryl methyl sites for hydroxylation is 2. The van der Waals surface area contributed by atoms with Gasteiger partial charge in [-0.1, -0.05) is 6.07 Å². The third-order valence-electron chi connectivity index (χ3n) is 8.10. The van der Waals surface area contributed by atoms with Crippen molar-refractivity contribution < 1.29 is 28.5 Å². The number of halogens is 1. The van der Waals surface area contributed by atoms with Gasteiger partial charge in [0, 0.05) is 42.1 Å². The largest absolute Gasteiger partial charge is 0.492 e. The summed E-state index contributed by atoms with van der Waals surface area (Å²) in [5.41, 5.74) is 6.91. The number of fused-ring (bicyclic) bond motifs is 2. The summed E-state index contributed by atoms with van der Waals surface area (Å²) in [4.78, 5) is 15.7. The molecular formula is C31H33FN2O5. The summed E-state index contributed by atoms with van der Waals surface area (Å²) in [6, 6.07) is 9.21. The Labute approximate surface area is 227 Å². The SMILES string of the molecule is Cc1cc(OC2CCOCC2)cc(C)c1-c1ccc(F)c2c1CC[C@H]2Nc1cc2c(cn1)[C@H](CC(=O)O)CO2. The normalized spacial score (nSPS) is 20.3. The van der Waals surface area contributed by atoms with Crippen LogP contribution in [-0.4, -0.2) is 42.0 Å². The molecule has 0 unspecified atom stereocenters. The molecule has 3 heterocycles. The molecule has 3 aliphatic rings. The molecule has 2 N–H and O–H groups in total. The van der Waals surface area contributed by atoms with Crippen LogP contribution >= 0.6 is 0 Å². The number of rotatable bonds is 7. The molecule has 0 radical (unpaired) electrons. The molecule has 6 rings (SSSR count). The van der Waals surface area contributed by atoms with Crippen molar-refractivity contribution in [3.8, 4) is 22.6 Å². The topological polar surface area (TPSA) is 89.9 Å². The van der Waals surface area contributed by atoms with E-state index < -0.39 is 5.97 Å². The Morgan fingerprint density at radius 2 is 1.92 bits per heavy atom. The van der Waals surface area contributed by atoms with Crippen LogP contribution in [0.5, 0.6) is 11.5 Å². The van der Waals surface area contributed by atoms with Gasteiger partial charge in [0.2, 0.25) is 0 Å². The lowest BCUT2D eigenvalue weighted by Gasteiger charge is -2.24. The predicted molar refractivity (Wildman–Crippen MR) is 145 cm³/mol. The van der Waals surface area contributed by atoms with E-state index in [9.17, 15) is 4.79 Å². The lowest BCUT2D eigenvalue weighted by molar-refractivity contribution is -0.137. The Bertz CT molecular complexity index is 1400. The molecule has 204 valence electrons. The quantitative estimate of drug-likeness (QED) is 0.379. The van der Waals surface area contributed by atoms with E-state index in [1.807, 2.05) is 6.07 Å². The molecule has 0 amide bonds. The number of carboxylic acids is 1. The second-order valence-electron chi connectivity index (χ2n) is 10.8. The summed E-state index contributed by atoms with van der Waals surface area (Å²) in [6.07, 6.45) is 5.15. The molecule has 1 fully saturated rings. The Kier molecular flexibility index (Phi) is 6.89. The number of carbonyl (C=O) groups is 1. The van der Waals surface area contributed by atoms with E-state index in [0.717, 1.165) is 78.0 Å². The maximum atomic E-state index is 15.3. The molecule has 3 aromatic rings. The number of hydrogen-bond acceptors (Lipinski definition) is 6. The molecule has 2 aliphatic heterocycles.